The first-order chi connectivity index (χ1) is 8.07. The molecule has 98 valence electrons. The van der Waals surface area contributed by atoms with Gasteiger partial charge in [-0.2, -0.15) is 0 Å². The summed E-state index contributed by atoms with van der Waals surface area (Å²) in [5, 5.41) is 0. The molecule has 2 unspecified atom stereocenters. The Balaban J connectivity index is 2.40. The Hall–Kier alpha value is -0.520. The lowest BCUT2D eigenvalue weighted by Crippen LogP contribution is -2.30. The van der Waals surface area contributed by atoms with Gasteiger partial charge in [0.15, 0.2) is 6.29 Å². The van der Waals surface area contributed by atoms with Gasteiger partial charge in [0.2, 0.25) is 0 Å². The minimum absolute atomic E-state index is 0.0813. The zero-order valence-electron chi connectivity index (χ0n) is 11.5. The van der Waals surface area contributed by atoms with E-state index >= 15 is 0 Å². The first kappa shape index (κ1) is 14.5. The largest absolute Gasteiger partial charge is 0.353 e. The normalized spacial score (nSPS) is 23.1. The van der Waals surface area contributed by atoms with Crippen LogP contribution < -0.4 is 0 Å². The van der Waals surface area contributed by atoms with Gasteiger partial charge < -0.3 is 9.47 Å². The highest BCUT2D eigenvalue weighted by atomic mass is 16.7. The average Bonchev–Trinajstić information content (AvgIpc) is 2.29. The summed E-state index contributed by atoms with van der Waals surface area (Å²) in [6.45, 7) is 7.52. The maximum absolute atomic E-state index is 5.86. The van der Waals surface area contributed by atoms with Crippen LogP contribution in [0.15, 0.2) is 0 Å². The quantitative estimate of drug-likeness (QED) is 0.656. The first-order valence-electron chi connectivity index (χ1n) is 6.80. The fourth-order valence-corrected chi connectivity index (χ4v) is 2.43. The number of rotatable bonds is 6. The molecule has 1 aliphatic rings. The molecule has 0 aromatic carbocycles. The Morgan fingerprint density at radius 1 is 1.47 bits per heavy atom. The predicted octanol–water partition coefficient (Wildman–Crippen LogP) is 3.75. The molecule has 0 aromatic rings. The van der Waals surface area contributed by atoms with Crippen molar-refractivity contribution in [1.29, 1.82) is 0 Å². The molecule has 1 fully saturated rings. The molecular weight excluding hydrogens is 212 g/mol. The molecule has 0 aliphatic carbocycles. The number of hydrogen-bond donors (Lipinski definition) is 0. The van der Waals surface area contributed by atoms with Crippen molar-refractivity contribution in [2.45, 2.75) is 71.7 Å². The van der Waals surface area contributed by atoms with Gasteiger partial charge in [-0.1, -0.05) is 33.1 Å². The molecule has 1 aliphatic heterocycles. The van der Waals surface area contributed by atoms with Crippen molar-refractivity contribution < 1.29 is 9.47 Å². The number of ether oxygens (including phenoxy) is 2. The Morgan fingerprint density at radius 2 is 2.24 bits per heavy atom. The molecule has 1 heterocycles. The molecule has 0 radical (unpaired) electrons. The Labute approximate surface area is 106 Å². The van der Waals surface area contributed by atoms with Gasteiger partial charge in [-0.05, 0) is 37.5 Å². The van der Waals surface area contributed by atoms with E-state index in [1.807, 2.05) is 0 Å². The zero-order chi connectivity index (χ0) is 12.7. The second-order valence-electron chi connectivity index (χ2n) is 5.71. The summed E-state index contributed by atoms with van der Waals surface area (Å²) in [6.07, 6.45) is 11.9. The summed E-state index contributed by atoms with van der Waals surface area (Å²) < 4.78 is 11.4. The van der Waals surface area contributed by atoms with Crippen molar-refractivity contribution in [3.8, 4) is 12.3 Å². The molecular formula is C15H26O2. The summed E-state index contributed by atoms with van der Waals surface area (Å²) in [7, 11) is 0. The van der Waals surface area contributed by atoms with E-state index in [0.717, 1.165) is 25.9 Å². The van der Waals surface area contributed by atoms with Gasteiger partial charge in [-0.25, -0.2) is 0 Å². The second-order valence-corrected chi connectivity index (χ2v) is 5.71. The number of hydrogen-bond acceptors (Lipinski definition) is 2. The maximum atomic E-state index is 5.86. The molecule has 2 nitrogen and oxygen atoms in total. The lowest BCUT2D eigenvalue weighted by Gasteiger charge is -2.30. The van der Waals surface area contributed by atoms with Gasteiger partial charge in [0.05, 0.1) is 0 Å². The lowest BCUT2D eigenvalue weighted by atomic mass is 9.82. The molecule has 1 saturated heterocycles. The molecule has 0 N–H and O–H groups in total. The van der Waals surface area contributed by atoms with Crippen molar-refractivity contribution >= 4 is 0 Å². The molecule has 2 atom stereocenters. The SMILES string of the molecule is C#CC(CC(C)(C)CCC)OC1CCCCO1. The molecule has 2 heteroatoms. The van der Waals surface area contributed by atoms with Crippen LogP contribution in [0.25, 0.3) is 0 Å². The van der Waals surface area contributed by atoms with E-state index in [1.54, 1.807) is 0 Å². The minimum Gasteiger partial charge on any atom is -0.353 e. The molecule has 0 amide bonds. The summed E-state index contributed by atoms with van der Waals surface area (Å²) in [4.78, 5) is 0. The summed E-state index contributed by atoms with van der Waals surface area (Å²) in [6, 6.07) is 0. The third-order valence-corrected chi connectivity index (χ3v) is 3.30. The van der Waals surface area contributed by atoms with Crippen molar-refractivity contribution in [1.82, 2.24) is 0 Å². The summed E-state index contributed by atoms with van der Waals surface area (Å²) in [5.74, 6) is 2.76. The predicted molar refractivity (Wildman–Crippen MR) is 70.6 cm³/mol. The molecule has 17 heavy (non-hydrogen) atoms. The number of terminal acetylenes is 1. The third-order valence-electron chi connectivity index (χ3n) is 3.30. The summed E-state index contributed by atoms with van der Waals surface area (Å²) >= 11 is 0. The van der Waals surface area contributed by atoms with Crippen LogP contribution in [0.3, 0.4) is 0 Å². The highest BCUT2D eigenvalue weighted by molar-refractivity contribution is 4.97. The van der Waals surface area contributed by atoms with Crippen molar-refractivity contribution in [3.05, 3.63) is 0 Å². The van der Waals surface area contributed by atoms with E-state index in [0.29, 0.717) is 0 Å². The first-order valence-corrected chi connectivity index (χ1v) is 6.80. The Kier molecular flexibility index (Phi) is 6.02. The smallest absolute Gasteiger partial charge is 0.159 e. The van der Waals surface area contributed by atoms with Crippen LogP contribution in [0.4, 0.5) is 0 Å². The van der Waals surface area contributed by atoms with Crippen LogP contribution in [-0.4, -0.2) is 19.0 Å². The van der Waals surface area contributed by atoms with E-state index in [1.165, 1.54) is 19.3 Å². The van der Waals surface area contributed by atoms with Gasteiger partial charge in [-0.3, -0.25) is 0 Å². The van der Waals surface area contributed by atoms with Crippen molar-refractivity contribution in [3.63, 3.8) is 0 Å². The van der Waals surface area contributed by atoms with Crippen LogP contribution in [0.1, 0.15) is 59.3 Å². The Morgan fingerprint density at radius 3 is 2.76 bits per heavy atom. The van der Waals surface area contributed by atoms with Crippen LogP contribution >= 0.6 is 0 Å². The Bertz CT molecular complexity index is 246. The summed E-state index contributed by atoms with van der Waals surface area (Å²) in [5.41, 5.74) is 0.250. The van der Waals surface area contributed by atoms with Crippen LogP contribution in [0.5, 0.6) is 0 Å². The van der Waals surface area contributed by atoms with Gasteiger partial charge in [0.25, 0.3) is 0 Å². The van der Waals surface area contributed by atoms with E-state index < -0.39 is 0 Å². The fraction of sp³-hybridized carbons (Fsp3) is 0.867. The highest BCUT2D eigenvalue weighted by Gasteiger charge is 2.25. The molecule has 1 rings (SSSR count). The van der Waals surface area contributed by atoms with Gasteiger partial charge in [0.1, 0.15) is 6.10 Å². The highest BCUT2D eigenvalue weighted by Crippen LogP contribution is 2.30. The molecule has 0 saturated carbocycles. The monoisotopic (exact) mass is 238 g/mol. The van der Waals surface area contributed by atoms with Crippen LogP contribution in [0, 0.1) is 17.8 Å². The fourth-order valence-electron chi connectivity index (χ4n) is 2.43. The molecule has 0 bridgehead atoms. The average molecular weight is 238 g/mol. The standard InChI is InChI=1S/C15H26O2/c1-5-10-15(3,4)12-13(6-2)17-14-9-7-8-11-16-14/h2,13-14H,5,7-12H2,1,3-4H3. The van der Waals surface area contributed by atoms with Gasteiger partial charge >= 0.3 is 0 Å². The topological polar surface area (TPSA) is 18.5 Å². The van der Waals surface area contributed by atoms with Crippen molar-refractivity contribution in [2.24, 2.45) is 5.41 Å². The van der Waals surface area contributed by atoms with Gasteiger partial charge in [0, 0.05) is 6.61 Å². The van der Waals surface area contributed by atoms with E-state index in [2.05, 4.69) is 26.7 Å². The van der Waals surface area contributed by atoms with E-state index in [9.17, 15) is 0 Å². The molecule has 0 spiro atoms. The third kappa shape index (κ3) is 5.57. The minimum atomic E-state index is -0.111. The van der Waals surface area contributed by atoms with E-state index in [4.69, 9.17) is 15.9 Å². The molecule has 0 aromatic heterocycles. The second kappa shape index (κ2) is 7.03. The zero-order valence-corrected chi connectivity index (χ0v) is 11.5. The maximum Gasteiger partial charge on any atom is 0.159 e. The van der Waals surface area contributed by atoms with Crippen LogP contribution in [0.2, 0.25) is 0 Å². The van der Waals surface area contributed by atoms with Gasteiger partial charge in [-0.15, -0.1) is 6.42 Å². The van der Waals surface area contributed by atoms with Crippen molar-refractivity contribution in [2.75, 3.05) is 6.61 Å². The van der Waals surface area contributed by atoms with Crippen LogP contribution in [-0.2, 0) is 9.47 Å². The van der Waals surface area contributed by atoms with E-state index in [-0.39, 0.29) is 17.8 Å². The lowest BCUT2D eigenvalue weighted by molar-refractivity contribution is -0.181.